The van der Waals surface area contributed by atoms with Crippen molar-refractivity contribution in [1.82, 2.24) is 0 Å². The van der Waals surface area contributed by atoms with Crippen LogP contribution < -0.4 is 4.74 Å². The second kappa shape index (κ2) is 11.0. The van der Waals surface area contributed by atoms with Crippen molar-refractivity contribution in [3.05, 3.63) is 92.9 Å². The number of aliphatic hydroxyl groups is 1. The van der Waals surface area contributed by atoms with E-state index in [1.54, 1.807) is 42.5 Å². The molecule has 11 heteroatoms. The molecule has 1 aliphatic rings. The van der Waals surface area contributed by atoms with Crippen LogP contribution in [-0.2, 0) is 9.53 Å². The summed E-state index contributed by atoms with van der Waals surface area (Å²) in [7, 11) is 1.52. The van der Waals surface area contributed by atoms with E-state index in [1.165, 1.54) is 13.2 Å². The molecule has 1 unspecified atom stereocenters. The Bertz CT molecular complexity index is 1420. The molecule has 3 aromatic rings. The number of aromatic hydroxyl groups is 2. The zero-order chi connectivity index (χ0) is 26.3. The normalized spacial score (nSPS) is 15.4. The molecule has 0 aromatic heterocycles. The van der Waals surface area contributed by atoms with Gasteiger partial charge in [0.15, 0.2) is 0 Å². The summed E-state index contributed by atoms with van der Waals surface area (Å²) >= 11 is 16.8. The molecule has 3 N–H and O–H groups in total. The monoisotopic (exact) mass is 806 g/mol. The van der Waals surface area contributed by atoms with Crippen LogP contribution in [0.3, 0.4) is 0 Å². The van der Waals surface area contributed by atoms with Crippen molar-refractivity contribution >= 4 is 97.3 Å². The number of esters is 1. The number of hydrogen-bond donors (Lipinski definition) is 3. The molecule has 0 spiro atoms. The minimum Gasteiger partial charge on any atom is -0.507 e. The first kappa shape index (κ1) is 27.4. The zero-order valence-corrected chi connectivity index (χ0v) is 26.1. The Kier molecular flexibility index (Phi) is 8.38. The molecule has 0 radical (unpaired) electrons. The quantitative estimate of drug-likeness (QED) is 0.226. The Hall–Kier alpha value is -1.63. The standard InChI is InChI=1S/C25H15Br5O6/c1-35-24-16(29)8-12(9-17(24)30)22(32)21-20(11-2-3-18(31)13(26)7-11)19(36-25(21)34)6-10-4-14(27)23(33)15(28)5-10/h2-9,22,31-33H,1H3. The van der Waals surface area contributed by atoms with Gasteiger partial charge in [0.25, 0.3) is 0 Å². The maximum Gasteiger partial charge on any atom is 0.343 e. The highest BCUT2D eigenvalue weighted by molar-refractivity contribution is 9.11. The van der Waals surface area contributed by atoms with E-state index in [-0.39, 0.29) is 22.8 Å². The molecule has 1 atom stereocenters. The van der Waals surface area contributed by atoms with E-state index < -0.39 is 12.1 Å². The average Bonchev–Trinajstić information content (AvgIpc) is 3.13. The van der Waals surface area contributed by atoms with E-state index in [9.17, 15) is 20.1 Å². The Balaban J connectivity index is 1.94. The third-order valence-corrected chi connectivity index (χ3v) is 8.35. The number of phenolic OH excluding ortho intramolecular Hbond substituents is 2. The van der Waals surface area contributed by atoms with Gasteiger partial charge in [-0.2, -0.15) is 0 Å². The lowest BCUT2D eigenvalue weighted by Gasteiger charge is -2.15. The van der Waals surface area contributed by atoms with E-state index in [2.05, 4.69) is 79.6 Å². The summed E-state index contributed by atoms with van der Waals surface area (Å²) in [5, 5.41) is 31.5. The lowest BCUT2D eigenvalue weighted by Crippen LogP contribution is -2.10. The van der Waals surface area contributed by atoms with Crippen molar-refractivity contribution in [3.63, 3.8) is 0 Å². The van der Waals surface area contributed by atoms with Gasteiger partial charge in [-0.05, 0) is 139 Å². The third-order valence-electron chi connectivity index (χ3n) is 5.33. The first-order valence-electron chi connectivity index (χ1n) is 10.1. The van der Waals surface area contributed by atoms with Gasteiger partial charge in [-0.25, -0.2) is 4.79 Å². The molecule has 1 aliphatic heterocycles. The number of methoxy groups -OCH3 is 1. The van der Waals surface area contributed by atoms with Gasteiger partial charge < -0.3 is 24.8 Å². The van der Waals surface area contributed by atoms with Gasteiger partial charge in [-0.15, -0.1) is 0 Å². The van der Waals surface area contributed by atoms with Gasteiger partial charge >= 0.3 is 5.97 Å². The van der Waals surface area contributed by atoms with Crippen molar-refractivity contribution in [2.75, 3.05) is 7.11 Å². The van der Waals surface area contributed by atoms with Crippen molar-refractivity contribution < 1.29 is 29.6 Å². The molecular formula is C25H15Br5O6. The van der Waals surface area contributed by atoms with E-state index >= 15 is 0 Å². The maximum absolute atomic E-state index is 13.2. The highest BCUT2D eigenvalue weighted by atomic mass is 79.9. The van der Waals surface area contributed by atoms with E-state index in [4.69, 9.17) is 9.47 Å². The molecule has 186 valence electrons. The summed E-state index contributed by atoms with van der Waals surface area (Å²) in [5.74, 6) is 0.0774. The van der Waals surface area contributed by atoms with Crippen LogP contribution in [0.4, 0.5) is 0 Å². The second-order valence-corrected chi connectivity index (χ2v) is 11.9. The number of allylic oxidation sites excluding steroid dienone is 1. The van der Waals surface area contributed by atoms with Crippen molar-refractivity contribution in [3.8, 4) is 17.2 Å². The lowest BCUT2D eigenvalue weighted by molar-refractivity contribution is -0.134. The van der Waals surface area contributed by atoms with Crippen molar-refractivity contribution in [1.29, 1.82) is 0 Å². The van der Waals surface area contributed by atoms with Gasteiger partial charge in [0.2, 0.25) is 0 Å². The first-order chi connectivity index (χ1) is 17.0. The molecule has 1 heterocycles. The third kappa shape index (κ3) is 5.32. The molecule has 0 bridgehead atoms. The number of carbonyl (C=O) groups is 1. The smallest absolute Gasteiger partial charge is 0.343 e. The fourth-order valence-corrected chi connectivity index (χ4v) is 6.82. The number of hydrogen-bond acceptors (Lipinski definition) is 6. The molecule has 0 aliphatic carbocycles. The highest BCUT2D eigenvalue weighted by Crippen LogP contribution is 2.45. The number of ether oxygens (including phenoxy) is 2. The van der Waals surface area contributed by atoms with Crippen LogP contribution in [0.15, 0.2) is 76.2 Å². The molecule has 0 amide bonds. The predicted molar refractivity (Wildman–Crippen MR) is 154 cm³/mol. The Morgan fingerprint density at radius 1 is 0.889 bits per heavy atom. The van der Waals surface area contributed by atoms with Gasteiger partial charge in [-0.3, -0.25) is 0 Å². The highest BCUT2D eigenvalue weighted by Gasteiger charge is 2.36. The summed E-state index contributed by atoms with van der Waals surface area (Å²) < 4.78 is 13.5. The van der Waals surface area contributed by atoms with Gasteiger partial charge in [0.1, 0.15) is 29.1 Å². The van der Waals surface area contributed by atoms with Crippen LogP contribution in [0.5, 0.6) is 17.2 Å². The number of aliphatic hydroxyl groups excluding tert-OH is 1. The molecule has 4 rings (SSSR count). The van der Waals surface area contributed by atoms with Crippen molar-refractivity contribution in [2.24, 2.45) is 0 Å². The minimum atomic E-state index is -1.34. The van der Waals surface area contributed by atoms with Crippen LogP contribution in [-0.4, -0.2) is 28.4 Å². The largest absolute Gasteiger partial charge is 0.507 e. The molecule has 6 nitrogen and oxygen atoms in total. The summed E-state index contributed by atoms with van der Waals surface area (Å²) in [6.07, 6.45) is 0.283. The number of cyclic esters (lactones) is 1. The molecule has 36 heavy (non-hydrogen) atoms. The Labute approximate surface area is 248 Å². The van der Waals surface area contributed by atoms with Crippen LogP contribution in [0.25, 0.3) is 11.6 Å². The summed E-state index contributed by atoms with van der Waals surface area (Å²) in [6.45, 7) is 0. The van der Waals surface area contributed by atoms with Crippen LogP contribution in [0, 0.1) is 0 Å². The Morgan fingerprint density at radius 3 is 2.06 bits per heavy atom. The summed E-state index contributed by atoms with van der Waals surface area (Å²) in [5.41, 5.74) is 1.97. The predicted octanol–water partition coefficient (Wildman–Crippen LogP) is 8.00. The number of rotatable bonds is 5. The van der Waals surface area contributed by atoms with Gasteiger partial charge in [0.05, 0.1) is 35.0 Å². The second-order valence-electron chi connectivity index (χ2n) is 7.61. The SMILES string of the molecule is COc1c(Br)cc(C(O)C2=C(c3ccc(O)c(Br)c3)C(=Cc3cc(Br)c(O)c(Br)c3)OC2=O)cc1Br. The number of halogens is 5. The van der Waals surface area contributed by atoms with Crippen molar-refractivity contribution in [2.45, 2.75) is 6.10 Å². The van der Waals surface area contributed by atoms with Crippen LogP contribution in [0.2, 0.25) is 0 Å². The van der Waals surface area contributed by atoms with Gasteiger partial charge in [-0.1, -0.05) is 6.07 Å². The minimum absolute atomic E-state index is 0.0200. The fraction of sp³-hybridized carbons (Fsp3) is 0.0800. The zero-order valence-electron chi connectivity index (χ0n) is 18.2. The number of benzene rings is 3. The fourth-order valence-electron chi connectivity index (χ4n) is 3.67. The summed E-state index contributed by atoms with van der Waals surface area (Å²) in [6, 6.07) is 11.4. The van der Waals surface area contributed by atoms with Gasteiger partial charge in [0, 0.05) is 5.57 Å². The lowest BCUT2D eigenvalue weighted by atomic mass is 9.92. The topological polar surface area (TPSA) is 96.2 Å². The van der Waals surface area contributed by atoms with E-state index in [0.717, 1.165) is 0 Å². The summed E-state index contributed by atoms with van der Waals surface area (Å²) in [4.78, 5) is 13.2. The first-order valence-corrected chi connectivity index (χ1v) is 14.0. The molecule has 0 saturated carbocycles. The average molecular weight is 811 g/mol. The number of carbonyl (C=O) groups excluding carboxylic acids is 1. The number of phenols is 2. The molecule has 3 aromatic carbocycles. The maximum atomic E-state index is 13.2. The molecular weight excluding hydrogens is 796 g/mol. The molecule has 0 saturated heterocycles. The van der Waals surface area contributed by atoms with E-state index in [0.29, 0.717) is 50.4 Å². The molecule has 0 fully saturated rings. The Morgan fingerprint density at radius 2 is 1.50 bits per heavy atom. The van der Waals surface area contributed by atoms with Crippen LogP contribution in [0.1, 0.15) is 22.8 Å². The van der Waals surface area contributed by atoms with E-state index in [1.807, 2.05) is 0 Å². The van der Waals surface area contributed by atoms with Crippen LogP contribution >= 0.6 is 79.6 Å².